The number of piperazine rings is 1. The Morgan fingerprint density at radius 3 is 2.35 bits per heavy atom. The Morgan fingerprint density at radius 1 is 1.29 bits per heavy atom. The van der Waals surface area contributed by atoms with Crippen molar-refractivity contribution in [2.75, 3.05) is 39.8 Å². The second kappa shape index (κ2) is 6.81. The minimum Gasteiger partial charge on any atom is -0.469 e. The van der Waals surface area contributed by atoms with Crippen LogP contribution in [0.1, 0.15) is 13.3 Å². The van der Waals surface area contributed by atoms with E-state index in [1.165, 1.54) is 7.11 Å². The Labute approximate surface area is 107 Å². The third-order valence-corrected chi connectivity index (χ3v) is 3.07. The minimum atomic E-state index is -0.461. The smallest absolute Gasteiger partial charge is 0.306 e. The van der Waals surface area contributed by atoms with Gasteiger partial charge in [0.1, 0.15) is 5.38 Å². The summed E-state index contributed by atoms with van der Waals surface area (Å²) in [7, 11) is 1.39. The average Bonchev–Trinajstić information content (AvgIpc) is 2.35. The second-order valence-corrected chi connectivity index (χ2v) is 4.76. The van der Waals surface area contributed by atoms with Gasteiger partial charge in [-0.1, -0.05) is 0 Å². The van der Waals surface area contributed by atoms with Crippen molar-refractivity contribution in [3.63, 3.8) is 0 Å². The van der Waals surface area contributed by atoms with Crippen molar-refractivity contribution in [1.29, 1.82) is 0 Å². The number of hydrogen-bond donors (Lipinski definition) is 0. The lowest BCUT2D eigenvalue weighted by atomic mass is 10.2. The van der Waals surface area contributed by atoms with Crippen molar-refractivity contribution in [3.8, 4) is 0 Å². The average molecular weight is 263 g/mol. The van der Waals surface area contributed by atoms with Gasteiger partial charge in [-0.25, -0.2) is 0 Å². The number of methoxy groups -OCH3 is 1. The molecule has 1 saturated heterocycles. The van der Waals surface area contributed by atoms with Crippen LogP contribution in [-0.4, -0.2) is 66.9 Å². The molecule has 0 aliphatic carbocycles. The fourth-order valence-electron chi connectivity index (χ4n) is 1.79. The molecule has 0 aromatic rings. The van der Waals surface area contributed by atoms with Gasteiger partial charge < -0.3 is 9.64 Å². The van der Waals surface area contributed by atoms with Crippen molar-refractivity contribution < 1.29 is 14.3 Å². The van der Waals surface area contributed by atoms with Crippen molar-refractivity contribution >= 4 is 23.5 Å². The summed E-state index contributed by atoms with van der Waals surface area (Å²) in [5.41, 5.74) is 0. The summed E-state index contributed by atoms with van der Waals surface area (Å²) < 4.78 is 4.58. The standard InChI is InChI=1S/C11H19ClN2O3/c1-9(12)11(16)14-7-5-13(6-8-14)4-3-10(15)17-2/h9H,3-8H2,1-2H3. The predicted molar refractivity (Wildman–Crippen MR) is 65.0 cm³/mol. The van der Waals surface area contributed by atoms with Gasteiger partial charge in [-0.2, -0.15) is 0 Å². The van der Waals surface area contributed by atoms with Gasteiger partial charge in [-0.3, -0.25) is 14.5 Å². The summed E-state index contributed by atoms with van der Waals surface area (Å²) in [6.45, 7) is 5.30. The van der Waals surface area contributed by atoms with Crippen LogP contribution in [0.2, 0.25) is 0 Å². The summed E-state index contributed by atoms with van der Waals surface area (Å²) >= 11 is 5.75. The van der Waals surface area contributed by atoms with Gasteiger partial charge in [0.05, 0.1) is 13.5 Å². The third-order valence-electron chi connectivity index (χ3n) is 2.88. The number of halogens is 1. The fourth-order valence-corrected chi connectivity index (χ4v) is 1.93. The highest BCUT2D eigenvalue weighted by molar-refractivity contribution is 6.30. The normalized spacial score (nSPS) is 18.9. The molecule has 0 aromatic heterocycles. The summed E-state index contributed by atoms with van der Waals surface area (Å²) in [6.07, 6.45) is 0.399. The number of amides is 1. The Kier molecular flexibility index (Phi) is 5.71. The number of rotatable bonds is 4. The summed E-state index contributed by atoms with van der Waals surface area (Å²) in [5.74, 6) is -0.211. The molecule has 0 radical (unpaired) electrons. The Morgan fingerprint density at radius 2 is 1.88 bits per heavy atom. The zero-order chi connectivity index (χ0) is 12.8. The van der Waals surface area contributed by atoms with E-state index in [0.717, 1.165) is 13.1 Å². The van der Waals surface area contributed by atoms with Gasteiger partial charge in [0.15, 0.2) is 0 Å². The van der Waals surface area contributed by atoms with Crippen LogP contribution in [0.15, 0.2) is 0 Å². The SMILES string of the molecule is COC(=O)CCN1CCN(C(=O)C(C)Cl)CC1. The van der Waals surface area contributed by atoms with Gasteiger partial charge >= 0.3 is 5.97 Å². The summed E-state index contributed by atoms with van der Waals surface area (Å²) in [5, 5.41) is -0.461. The molecule has 0 aromatic carbocycles. The second-order valence-electron chi connectivity index (χ2n) is 4.11. The maximum absolute atomic E-state index is 11.6. The molecule has 1 aliphatic rings. The number of carbonyl (C=O) groups is 2. The molecule has 1 aliphatic heterocycles. The summed E-state index contributed by atoms with van der Waals surface area (Å²) in [4.78, 5) is 26.5. The van der Waals surface area contributed by atoms with Gasteiger partial charge in [0.25, 0.3) is 0 Å². The molecule has 1 fully saturated rings. The van der Waals surface area contributed by atoms with Crippen LogP contribution in [0.25, 0.3) is 0 Å². The predicted octanol–water partition coefficient (Wildman–Crippen LogP) is 0.321. The Bertz CT molecular complexity index is 276. The zero-order valence-electron chi connectivity index (χ0n) is 10.3. The molecular formula is C11H19ClN2O3. The van der Waals surface area contributed by atoms with E-state index < -0.39 is 5.38 Å². The topological polar surface area (TPSA) is 49.9 Å². The van der Waals surface area contributed by atoms with E-state index in [9.17, 15) is 9.59 Å². The largest absolute Gasteiger partial charge is 0.469 e. The molecule has 1 unspecified atom stereocenters. The molecule has 0 N–H and O–H groups in total. The minimum absolute atomic E-state index is 0.0146. The van der Waals surface area contributed by atoms with Crippen LogP contribution in [0.4, 0.5) is 0 Å². The molecule has 0 bridgehead atoms. The molecule has 98 valence electrons. The van der Waals surface area contributed by atoms with Crippen LogP contribution < -0.4 is 0 Å². The van der Waals surface area contributed by atoms with Crippen molar-refractivity contribution in [1.82, 2.24) is 9.80 Å². The summed E-state index contributed by atoms with van der Waals surface area (Å²) in [6, 6.07) is 0. The van der Waals surface area contributed by atoms with E-state index >= 15 is 0 Å². The highest BCUT2D eigenvalue weighted by atomic mass is 35.5. The first-order chi connectivity index (χ1) is 8.04. The van der Waals surface area contributed by atoms with E-state index in [1.54, 1.807) is 11.8 Å². The molecule has 17 heavy (non-hydrogen) atoms. The van der Waals surface area contributed by atoms with Crippen LogP contribution in [0.3, 0.4) is 0 Å². The third kappa shape index (κ3) is 4.52. The monoisotopic (exact) mass is 262 g/mol. The first-order valence-electron chi connectivity index (χ1n) is 5.76. The van der Waals surface area contributed by atoms with Crippen LogP contribution in [0.5, 0.6) is 0 Å². The van der Waals surface area contributed by atoms with Crippen LogP contribution in [0, 0.1) is 0 Å². The molecule has 0 spiro atoms. The fraction of sp³-hybridized carbons (Fsp3) is 0.818. The number of esters is 1. The number of ether oxygens (including phenoxy) is 1. The van der Waals surface area contributed by atoms with E-state index in [4.69, 9.17) is 11.6 Å². The molecule has 1 rings (SSSR count). The molecule has 0 saturated carbocycles. The lowest BCUT2D eigenvalue weighted by Crippen LogP contribution is -2.50. The van der Waals surface area contributed by atoms with Crippen molar-refractivity contribution in [2.24, 2.45) is 0 Å². The number of alkyl halides is 1. The van der Waals surface area contributed by atoms with Crippen molar-refractivity contribution in [3.05, 3.63) is 0 Å². The first kappa shape index (κ1) is 14.3. The highest BCUT2D eigenvalue weighted by Crippen LogP contribution is 2.07. The Hall–Kier alpha value is -0.810. The molecule has 1 atom stereocenters. The number of carbonyl (C=O) groups excluding carboxylic acids is 2. The van der Waals surface area contributed by atoms with Gasteiger partial charge in [-0.05, 0) is 6.92 Å². The molecule has 1 heterocycles. The van der Waals surface area contributed by atoms with Gasteiger partial charge in [0, 0.05) is 32.7 Å². The molecule has 6 heteroatoms. The molecule has 1 amide bonds. The van der Waals surface area contributed by atoms with Gasteiger partial charge in [0.2, 0.25) is 5.91 Å². The van der Waals surface area contributed by atoms with Crippen molar-refractivity contribution in [2.45, 2.75) is 18.7 Å². The number of hydrogen-bond acceptors (Lipinski definition) is 4. The van der Waals surface area contributed by atoms with Crippen LogP contribution in [-0.2, 0) is 14.3 Å². The molecular weight excluding hydrogens is 244 g/mol. The lowest BCUT2D eigenvalue weighted by Gasteiger charge is -2.35. The Balaban J connectivity index is 2.26. The van der Waals surface area contributed by atoms with E-state index in [-0.39, 0.29) is 11.9 Å². The maximum atomic E-state index is 11.6. The lowest BCUT2D eigenvalue weighted by molar-refractivity contribution is -0.141. The van der Waals surface area contributed by atoms with E-state index in [0.29, 0.717) is 26.1 Å². The van der Waals surface area contributed by atoms with E-state index in [1.807, 2.05) is 0 Å². The highest BCUT2D eigenvalue weighted by Gasteiger charge is 2.23. The zero-order valence-corrected chi connectivity index (χ0v) is 11.1. The number of nitrogens with zero attached hydrogens (tertiary/aromatic N) is 2. The maximum Gasteiger partial charge on any atom is 0.306 e. The van der Waals surface area contributed by atoms with Crippen LogP contribution >= 0.6 is 11.6 Å². The van der Waals surface area contributed by atoms with E-state index in [2.05, 4.69) is 9.64 Å². The molecule has 5 nitrogen and oxygen atoms in total. The quantitative estimate of drug-likeness (QED) is 0.541. The first-order valence-corrected chi connectivity index (χ1v) is 6.20. The van der Waals surface area contributed by atoms with Gasteiger partial charge in [-0.15, -0.1) is 11.6 Å².